The average Bonchev–Trinajstić information content (AvgIpc) is 2.86. The molecule has 1 aromatic heterocycles. The third kappa shape index (κ3) is 3.47. The second kappa shape index (κ2) is 5.40. The predicted octanol–water partition coefficient (Wildman–Crippen LogP) is 3.03. The van der Waals surface area contributed by atoms with E-state index in [4.69, 9.17) is 4.74 Å². The molecule has 0 aliphatic rings. The Bertz CT molecular complexity index is 683. The molecule has 0 saturated carbocycles. The number of carbonyl (C=O) groups excluding carboxylic acids is 1. The molecule has 0 bridgehead atoms. The second-order valence-corrected chi connectivity index (χ2v) is 5.50. The SMILES string of the molecule is CC(C)(C)OC(=O)n1cc(-c2ccccc2C(=O)O)cn1. The van der Waals surface area contributed by atoms with Crippen molar-refractivity contribution >= 4 is 12.1 Å². The van der Waals surface area contributed by atoms with Crippen molar-refractivity contribution in [2.45, 2.75) is 26.4 Å². The summed E-state index contributed by atoms with van der Waals surface area (Å²) >= 11 is 0. The largest absolute Gasteiger partial charge is 0.478 e. The van der Waals surface area contributed by atoms with Gasteiger partial charge in [-0.25, -0.2) is 9.59 Å². The molecule has 0 spiro atoms. The van der Waals surface area contributed by atoms with E-state index >= 15 is 0 Å². The van der Waals surface area contributed by atoms with Gasteiger partial charge in [-0.2, -0.15) is 9.78 Å². The number of ether oxygens (including phenoxy) is 1. The molecule has 2 aromatic rings. The van der Waals surface area contributed by atoms with Gasteiger partial charge >= 0.3 is 12.1 Å². The van der Waals surface area contributed by atoms with E-state index in [0.717, 1.165) is 4.68 Å². The van der Waals surface area contributed by atoms with Crippen molar-refractivity contribution < 1.29 is 19.4 Å². The van der Waals surface area contributed by atoms with Crippen LogP contribution in [-0.4, -0.2) is 32.6 Å². The summed E-state index contributed by atoms with van der Waals surface area (Å²) < 4.78 is 6.25. The van der Waals surface area contributed by atoms with Crippen LogP contribution in [-0.2, 0) is 4.74 Å². The summed E-state index contributed by atoms with van der Waals surface area (Å²) in [6.45, 7) is 5.28. The highest BCUT2D eigenvalue weighted by Crippen LogP contribution is 2.23. The summed E-state index contributed by atoms with van der Waals surface area (Å²) in [6.07, 6.45) is 2.28. The number of carboxylic acids is 1. The van der Waals surface area contributed by atoms with E-state index in [1.807, 2.05) is 0 Å². The van der Waals surface area contributed by atoms with E-state index in [1.165, 1.54) is 18.5 Å². The molecule has 6 nitrogen and oxygen atoms in total. The van der Waals surface area contributed by atoms with Crippen LogP contribution in [0.2, 0.25) is 0 Å². The first kappa shape index (κ1) is 14.8. The van der Waals surface area contributed by atoms with Crippen LogP contribution in [0.3, 0.4) is 0 Å². The van der Waals surface area contributed by atoms with Gasteiger partial charge in [0.1, 0.15) is 5.60 Å². The summed E-state index contributed by atoms with van der Waals surface area (Å²) in [4.78, 5) is 23.1. The van der Waals surface area contributed by atoms with Gasteiger partial charge in [-0.1, -0.05) is 18.2 Å². The quantitative estimate of drug-likeness (QED) is 0.918. The predicted molar refractivity (Wildman–Crippen MR) is 76.3 cm³/mol. The first-order valence-corrected chi connectivity index (χ1v) is 6.38. The van der Waals surface area contributed by atoms with Crippen molar-refractivity contribution in [3.05, 3.63) is 42.2 Å². The standard InChI is InChI=1S/C15H16N2O4/c1-15(2,3)21-14(20)17-9-10(8-16-17)11-6-4-5-7-12(11)13(18)19/h4-9H,1-3H3,(H,18,19). The second-order valence-electron chi connectivity index (χ2n) is 5.50. The molecule has 0 amide bonds. The number of benzene rings is 1. The topological polar surface area (TPSA) is 81.4 Å². The summed E-state index contributed by atoms with van der Waals surface area (Å²) in [7, 11) is 0. The molecule has 0 radical (unpaired) electrons. The lowest BCUT2D eigenvalue weighted by molar-refractivity contribution is 0.0514. The molecule has 0 unspecified atom stereocenters. The molecule has 110 valence electrons. The van der Waals surface area contributed by atoms with Crippen molar-refractivity contribution in [1.82, 2.24) is 9.78 Å². The van der Waals surface area contributed by atoms with E-state index in [1.54, 1.807) is 39.0 Å². The van der Waals surface area contributed by atoms with E-state index < -0.39 is 17.7 Å². The smallest absolute Gasteiger partial charge is 0.435 e. The zero-order chi connectivity index (χ0) is 15.6. The fourth-order valence-corrected chi connectivity index (χ4v) is 1.79. The first-order chi connectivity index (χ1) is 9.78. The van der Waals surface area contributed by atoms with Crippen molar-refractivity contribution in [2.24, 2.45) is 0 Å². The highest BCUT2D eigenvalue weighted by Gasteiger charge is 2.19. The first-order valence-electron chi connectivity index (χ1n) is 6.38. The number of aromatic nitrogens is 2. The molecule has 0 fully saturated rings. The maximum atomic E-state index is 11.9. The minimum absolute atomic E-state index is 0.154. The van der Waals surface area contributed by atoms with E-state index in [-0.39, 0.29) is 5.56 Å². The zero-order valence-electron chi connectivity index (χ0n) is 12.0. The maximum Gasteiger partial charge on any atom is 0.435 e. The van der Waals surface area contributed by atoms with Crippen molar-refractivity contribution in [1.29, 1.82) is 0 Å². The lowest BCUT2D eigenvalue weighted by atomic mass is 10.0. The molecular formula is C15H16N2O4. The Balaban J connectivity index is 2.33. The molecule has 0 atom stereocenters. The highest BCUT2D eigenvalue weighted by atomic mass is 16.6. The van der Waals surface area contributed by atoms with Crippen molar-refractivity contribution in [2.75, 3.05) is 0 Å². The molecule has 0 aliphatic carbocycles. The van der Waals surface area contributed by atoms with E-state index in [2.05, 4.69) is 5.10 Å². The number of hydrogen-bond acceptors (Lipinski definition) is 4. The number of nitrogens with zero attached hydrogens (tertiary/aromatic N) is 2. The van der Waals surface area contributed by atoms with Crippen LogP contribution in [0.15, 0.2) is 36.7 Å². The van der Waals surface area contributed by atoms with Gasteiger partial charge in [0.2, 0.25) is 0 Å². The Kier molecular flexibility index (Phi) is 3.80. The Morgan fingerprint density at radius 3 is 2.52 bits per heavy atom. The van der Waals surface area contributed by atoms with E-state index in [0.29, 0.717) is 11.1 Å². The summed E-state index contributed by atoms with van der Waals surface area (Å²) in [6, 6.07) is 6.54. The summed E-state index contributed by atoms with van der Waals surface area (Å²) in [5, 5.41) is 13.1. The lowest BCUT2D eigenvalue weighted by Gasteiger charge is -2.18. The maximum absolute atomic E-state index is 11.9. The Morgan fingerprint density at radius 1 is 1.24 bits per heavy atom. The van der Waals surface area contributed by atoms with Crippen LogP contribution in [0.5, 0.6) is 0 Å². The van der Waals surface area contributed by atoms with Crippen LogP contribution in [0.25, 0.3) is 11.1 Å². The molecule has 1 heterocycles. The van der Waals surface area contributed by atoms with Crippen molar-refractivity contribution in [3.63, 3.8) is 0 Å². The number of rotatable bonds is 2. The number of carboxylic acid groups (broad SMARTS) is 1. The van der Waals surface area contributed by atoms with Gasteiger partial charge in [-0.15, -0.1) is 0 Å². The van der Waals surface area contributed by atoms with Gasteiger partial charge < -0.3 is 9.84 Å². The van der Waals surface area contributed by atoms with Gasteiger partial charge in [-0.05, 0) is 32.4 Å². The minimum atomic E-state index is -1.03. The molecule has 0 aliphatic heterocycles. The van der Waals surface area contributed by atoms with Gasteiger partial charge in [0, 0.05) is 11.8 Å². The van der Waals surface area contributed by atoms with Crippen LogP contribution in [0.1, 0.15) is 31.1 Å². The zero-order valence-corrected chi connectivity index (χ0v) is 12.0. The number of carbonyl (C=O) groups is 2. The van der Waals surface area contributed by atoms with Crippen LogP contribution >= 0.6 is 0 Å². The monoisotopic (exact) mass is 288 g/mol. The number of hydrogen-bond donors (Lipinski definition) is 1. The fraction of sp³-hybridized carbons (Fsp3) is 0.267. The van der Waals surface area contributed by atoms with Crippen LogP contribution in [0.4, 0.5) is 4.79 Å². The Hall–Kier alpha value is -2.63. The van der Waals surface area contributed by atoms with Gasteiger partial charge in [-0.3, -0.25) is 0 Å². The van der Waals surface area contributed by atoms with Crippen LogP contribution in [0, 0.1) is 0 Å². The molecule has 1 N–H and O–H groups in total. The van der Waals surface area contributed by atoms with Gasteiger partial charge in [0.25, 0.3) is 0 Å². The Morgan fingerprint density at radius 2 is 1.90 bits per heavy atom. The van der Waals surface area contributed by atoms with Crippen molar-refractivity contribution in [3.8, 4) is 11.1 Å². The average molecular weight is 288 g/mol. The Labute approximate surface area is 122 Å². The van der Waals surface area contributed by atoms with Crippen LogP contribution < -0.4 is 0 Å². The highest BCUT2D eigenvalue weighted by molar-refractivity contribution is 5.96. The number of aromatic carboxylic acids is 1. The summed E-state index contributed by atoms with van der Waals surface area (Å²) in [5.74, 6) is -1.03. The molecular weight excluding hydrogens is 272 g/mol. The third-order valence-corrected chi connectivity index (χ3v) is 2.63. The molecule has 2 rings (SSSR count). The fourth-order valence-electron chi connectivity index (χ4n) is 1.79. The lowest BCUT2D eigenvalue weighted by Crippen LogP contribution is -2.27. The molecule has 0 saturated heterocycles. The molecule has 21 heavy (non-hydrogen) atoms. The van der Waals surface area contributed by atoms with E-state index in [9.17, 15) is 14.7 Å². The van der Waals surface area contributed by atoms with Gasteiger partial charge in [0.15, 0.2) is 0 Å². The van der Waals surface area contributed by atoms with Gasteiger partial charge in [0.05, 0.1) is 11.8 Å². The normalized spacial score (nSPS) is 11.2. The molecule has 1 aromatic carbocycles. The minimum Gasteiger partial charge on any atom is -0.478 e. The molecule has 6 heteroatoms. The summed E-state index contributed by atoms with van der Waals surface area (Å²) in [5.41, 5.74) is 0.572. The third-order valence-electron chi connectivity index (χ3n) is 2.63.